The monoisotopic (exact) mass is 212 g/mol. The van der Waals surface area contributed by atoms with E-state index in [1.165, 1.54) is 6.07 Å². The Morgan fingerprint density at radius 1 is 1.36 bits per heavy atom. The Kier molecular flexibility index (Phi) is 1.85. The second kappa shape index (κ2) is 2.81. The molecule has 0 fully saturated rings. The molecular weight excluding hydrogens is 204 g/mol. The lowest BCUT2D eigenvalue weighted by atomic mass is 10.1. The summed E-state index contributed by atoms with van der Waals surface area (Å²) in [6.45, 7) is 0. The van der Waals surface area contributed by atoms with Gasteiger partial charge in [0.15, 0.2) is 15.1 Å². The summed E-state index contributed by atoms with van der Waals surface area (Å²) in [6, 6.07) is 6.41. The fourth-order valence-corrected chi connectivity index (χ4v) is 3.39. The number of aliphatic carboxylic acids is 1. The molecule has 1 aliphatic heterocycles. The summed E-state index contributed by atoms with van der Waals surface area (Å²) in [5, 5.41) is 7.44. The van der Waals surface area contributed by atoms with Crippen molar-refractivity contribution in [1.29, 1.82) is 0 Å². The lowest BCUT2D eigenvalue weighted by molar-refractivity contribution is -0.136. The zero-order valence-corrected chi connectivity index (χ0v) is 7.99. The number of benzene rings is 1. The SMILES string of the molecule is O=C(O)[C@H]1Cc2ccccc2S1(=O)=O. The van der Waals surface area contributed by atoms with Crippen molar-refractivity contribution >= 4 is 15.8 Å². The molecule has 0 spiro atoms. The van der Waals surface area contributed by atoms with Gasteiger partial charge < -0.3 is 5.11 Å². The van der Waals surface area contributed by atoms with Crippen LogP contribution in [0.4, 0.5) is 0 Å². The van der Waals surface area contributed by atoms with Crippen LogP contribution in [0.25, 0.3) is 0 Å². The van der Waals surface area contributed by atoms with E-state index in [-0.39, 0.29) is 11.3 Å². The van der Waals surface area contributed by atoms with Crippen LogP contribution in [0.1, 0.15) is 5.56 Å². The van der Waals surface area contributed by atoms with Gasteiger partial charge in [-0.15, -0.1) is 0 Å². The van der Waals surface area contributed by atoms with Crippen molar-refractivity contribution in [2.45, 2.75) is 16.6 Å². The van der Waals surface area contributed by atoms with Crippen molar-refractivity contribution in [3.05, 3.63) is 29.8 Å². The summed E-state index contributed by atoms with van der Waals surface area (Å²) in [5.74, 6) is -1.28. The van der Waals surface area contributed by atoms with Crippen LogP contribution in [0.15, 0.2) is 29.2 Å². The van der Waals surface area contributed by atoms with Gasteiger partial charge in [0, 0.05) is 6.42 Å². The highest BCUT2D eigenvalue weighted by Crippen LogP contribution is 2.30. The first kappa shape index (κ1) is 9.21. The smallest absolute Gasteiger partial charge is 0.322 e. The summed E-state index contributed by atoms with van der Waals surface area (Å²) in [5.41, 5.74) is 0.597. The molecule has 74 valence electrons. The van der Waals surface area contributed by atoms with Crippen LogP contribution in [0.3, 0.4) is 0 Å². The number of fused-ring (bicyclic) bond motifs is 1. The standard InChI is InChI=1S/C9H8O4S/c10-9(11)8-5-6-3-1-2-4-7(6)14(8,12)13/h1-4,8H,5H2,(H,10,11)/t8-/m1/s1. The average Bonchev–Trinajstić information content (AvgIpc) is 2.39. The van der Waals surface area contributed by atoms with Crippen LogP contribution < -0.4 is 0 Å². The molecule has 1 N–H and O–H groups in total. The number of carboxylic acids is 1. The molecule has 1 atom stereocenters. The molecule has 0 saturated heterocycles. The number of hydrogen-bond acceptors (Lipinski definition) is 3. The van der Waals surface area contributed by atoms with Gasteiger partial charge in [0.05, 0.1) is 4.90 Å². The molecule has 2 rings (SSSR count). The number of hydrogen-bond donors (Lipinski definition) is 1. The minimum Gasteiger partial charge on any atom is -0.480 e. The number of sulfone groups is 1. The van der Waals surface area contributed by atoms with Gasteiger partial charge in [0.1, 0.15) is 0 Å². The summed E-state index contributed by atoms with van der Waals surface area (Å²) in [4.78, 5) is 10.9. The van der Waals surface area contributed by atoms with Gasteiger partial charge in [-0.3, -0.25) is 4.79 Å². The molecule has 0 bridgehead atoms. The number of carbonyl (C=O) groups is 1. The Hall–Kier alpha value is -1.36. The van der Waals surface area contributed by atoms with Crippen LogP contribution >= 0.6 is 0 Å². The summed E-state index contributed by atoms with van der Waals surface area (Å²) in [6.07, 6.45) is 0.0772. The van der Waals surface area contributed by atoms with Gasteiger partial charge in [-0.1, -0.05) is 18.2 Å². The third-order valence-corrected chi connectivity index (χ3v) is 4.46. The Morgan fingerprint density at radius 2 is 2.00 bits per heavy atom. The second-order valence-electron chi connectivity index (χ2n) is 3.18. The van der Waals surface area contributed by atoms with Crippen molar-refractivity contribution in [1.82, 2.24) is 0 Å². The van der Waals surface area contributed by atoms with Gasteiger partial charge in [-0.2, -0.15) is 0 Å². The molecule has 1 heterocycles. The van der Waals surface area contributed by atoms with Crippen molar-refractivity contribution in [3.8, 4) is 0 Å². The van der Waals surface area contributed by atoms with Crippen molar-refractivity contribution in [2.75, 3.05) is 0 Å². The molecule has 5 heteroatoms. The summed E-state index contributed by atoms with van der Waals surface area (Å²) in [7, 11) is -3.65. The lowest BCUT2D eigenvalue weighted by Crippen LogP contribution is -2.26. The highest BCUT2D eigenvalue weighted by Gasteiger charge is 2.41. The number of rotatable bonds is 1. The van der Waals surface area contributed by atoms with Gasteiger partial charge in [0.2, 0.25) is 0 Å². The van der Waals surface area contributed by atoms with E-state index in [0.29, 0.717) is 5.56 Å². The number of carboxylic acid groups (broad SMARTS) is 1. The van der Waals surface area contributed by atoms with E-state index in [0.717, 1.165) is 0 Å². The first-order chi connectivity index (χ1) is 6.53. The highest BCUT2D eigenvalue weighted by molar-refractivity contribution is 7.93. The maximum Gasteiger partial charge on any atom is 0.322 e. The zero-order chi connectivity index (χ0) is 10.3. The maximum absolute atomic E-state index is 11.6. The third-order valence-electron chi connectivity index (χ3n) is 2.33. The van der Waals surface area contributed by atoms with Crippen molar-refractivity contribution in [2.24, 2.45) is 0 Å². The fourth-order valence-electron chi connectivity index (χ4n) is 1.63. The Morgan fingerprint density at radius 3 is 2.57 bits per heavy atom. The fraction of sp³-hybridized carbons (Fsp3) is 0.222. The third kappa shape index (κ3) is 1.13. The minimum absolute atomic E-state index is 0.0772. The van der Waals surface area contributed by atoms with E-state index < -0.39 is 21.1 Å². The van der Waals surface area contributed by atoms with Crippen LogP contribution in [0.5, 0.6) is 0 Å². The molecular formula is C9H8O4S. The van der Waals surface area contributed by atoms with Crippen LogP contribution in [-0.2, 0) is 21.1 Å². The summed E-state index contributed by atoms with van der Waals surface area (Å²) < 4.78 is 23.3. The van der Waals surface area contributed by atoms with Gasteiger partial charge in [-0.05, 0) is 11.6 Å². The molecule has 0 saturated carbocycles. The van der Waals surface area contributed by atoms with Gasteiger partial charge >= 0.3 is 5.97 Å². The topological polar surface area (TPSA) is 71.4 Å². The molecule has 0 aliphatic carbocycles. The molecule has 1 aromatic rings. The predicted molar refractivity (Wildman–Crippen MR) is 48.8 cm³/mol. The van der Waals surface area contributed by atoms with E-state index in [9.17, 15) is 13.2 Å². The highest BCUT2D eigenvalue weighted by atomic mass is 32.2. The lowest BCUT2D eigenvalue weighted by Gasteiger charge is -2.01. The molecule has 1 aliphatic rings. The molecule has 0 unspecified atom stereocenters. The predicted octanol–water partition coefficient (Wildman–Crippen LogP) is 0.470. The second-order valence-corrected chi connectivity index (χ2v) is 5.28. The molecule has 0 aromatic heterocycles. The molecule has 0 amide bonds. The van der Waals surface area contributed by atoms with E-state index >= 15 is 0 Å². The average molecular weight is 212 g/mol. The first-order valence-electron chi connectivity index (χ1n) is 4.08. The van der Waals surface area contributed by atoms with E-state index in [2.05, 4.69) is 0 Å². The van der Waals surface area contributed by atoms with Crippen LogP contribution in [0, 0.1) is 0 Å². The molecule has 14 heavy (non-hydrogen) atoms. The minimum atomic E-state index is -3.65. The van der Waals surface area contributed by atoms with Gasteiger partial charge in [-0.25, -0.2) is 8.42 Å². The Balaban J connectivity index is 2.62. The largest absolute Gasteiger partial charge is 0.480 e. The Bertz CT molecular complexity index is 489. The molecule has 1 aromatic carbocycles. The zero-order valence-electron chi connectivity index (χ0n) is 7.17. The Labute approximate surface area is 81.1 Å². The van der Waals surface area contributed by atoms with Crippen molar-refractivity contribution in [3.63, 3.8) is 0 Å². The van der Waals surface area contributed by atoms with E-state index in [4.69, 9.17) is 5.11 Å². The van der Waals surface area contributed by atoms with Gasteiger partial charge in [0.25, 0.3) is 0 Å². The van der Waals surface area contributed by atoms with Crippen molar-refractivity contribution < 1.29 is 18.3 Å². The molecule has 0 radical (unpaired) electrons. The van der Waals surface area contributed by atoms with E-state index in [1.54, 1.807) is 18.2 Å². The van der Waals surface area contributed by atoms with Crippen LogP contribution in [-0.4, -0.2) is 24.7 Å². The first-order valence-corrected chi connectivity index (χ1v) is 5.63. The van der Waals surface area contributed by atoms with Crippen LogP contribution in [0.2, 0.25) is 0 Å². The maximum atomic E-state index is 11.6. The summed E-state index contributed by atoms with van der Waals surface area (Å²) >= 11 is 0. The normalized spacial score (nSPS) is 23.0. The van der Waals surface area contributed by atoms with E-state index in [1.807, 2.05) is 0 Å². The molecule has 4 nitrogen and oxygen atoms in total. The quantitative estimate of drug-likeness (QED) is 0.734.